The number of fused-ring (bicyclic) bond motifs is 1. The summed E-state index contributed by atoms with van der Waals surface area (Å²) in [4.78, 5) is 13.8. The Morgan fingerprint density at radius 2 is 1.68 bits per heavy atom. The molecule has 5 nitrogen and oxygen atoms in total. The van der Waals surface area contributed by atoms with Crippen molar-refractivity contribution in [2.75, 3.05) is 11.4 Å². The summed E-state index contributed by atoms with van der Waals surface area (Å²) in [5, 5.41) is 0. The average molecular weight is 432 g/mol. The first-order valence-corrected chi connectivity index (χ1v) is 11.2. The molecule has 0 bridgehead atoms. The number of carbonyl (C=O) groups excluding carboxylic acids is 1. The molecule has 0 N–H and O–H groups in total. The molecule has 31 heavy (non-hydrogen) atoms. The van der Waals surface area contributed by atoms with E-state index in [1.165, 1.54) is 19.2 Å². The van der Waals surface area contributed by atoms with Crippen molar-refractivity contribution in [1.82, 2.24) is 0 Å². The highest BCUT2D eigenvalue weighted by Gasteiger charge is 2.46. The second kappa shape index (κ2) is 7.93. The van der Waals surface area contributed by atoms with Crippen molar-refractivity contribution < 1.29 is 17.9 Å². The second-order valence-electron chi connectivity index (χ2n) is 7.38. The molecule has 3 aromatic rings. The molecule has 3 aromatic carbocycles. The van der Waals surface area contributed by atoms with Gasteiger partial charge in [0.1, 0.15) is 5.75 Å². The number of aryl methyl sites for hydroxylation is 1. The molecule has 1 heterocycles. The first-order valence-electron chi connectivity index (χ1n) is 9.73. The Hall–Kier alpha value is -3.56. The van der Waals surface area contributed by atoms with Crippen LogP contribution in [0, 0.1) is 19.3 Å². The van der Waals surface area contributed by atoms with Gasteiger partial charge in [-0.05, 0) is 48.4 Å². The first kappa shape index (κ1) is 20.7. The fourth-order valence-corrected chi connectivity index (χ4v) is 5.37. The van der Waals surface area contributed by atoms with E-state index in [9.17, 15) is 13.2 Å². The summed E-state index contributed by atoms with van der Waals surface area (Å²) in [6.07, 6.45) is 5.87. The van der Waals surface area contributed by atoms with Gasteiger partial charge in [0, 0.05) is 0 Å². The number of rotatable bonds is 4. The lowest BCUT2D eigenvalue weighted by atomic mass is 9.78. The summed E-state index contributed by atoms with van der Waals surface area (Å²) in [6.45, 7) is 1.87. The van der Waals surface area contributed by atoms with Crippen molar-refractivity contribution in [3.63, 3.8) is 0 Å². The molecule has 0 unspecified atom stereocenters. The second-order valence-corrected chi connectivity index (χ2v) is 9.16. The van der Waals surface area contributed by atoms with Crippen molar-refractivity contribution in [1.29, 1.82) is 0 Å². The minimum Gasteiger partial charge on any atom is -0.497 e. The lowest BCUT2D eigenvalue weighted by Crippen LogP contribution is -2.45. The number of benzene rings is 3. The van der Waals surface area contributed by atoms with Crippen LogP contribution in [-0.4, -0.2) is 21.4 Å². The normalized spacial score (nSPS) is 18.2. The van der Waals surface area contributed by atoms with Gasteiger partial charge in [0.25, 0.3) is 10.0 Å². The maximum Gasteiger partial charge on any atom is 0.270 e. The van der Waals surface area contributed by atoms with Crippen LogP contribution in [0.5, 0.6) is 5.75 Å². The van der Waals surface area contributed by atoms with Gasteiger partial charge < -0.3 is 4.74 Å². The maximum absolute atomic E-state index is 13.7. The van der Waals surface area contributed by atoms with Crippen LogP contribution in [0.4, 0.5) is 5.69 Å². The van der Waals surface area contributed by atoms with Gasteiger partial charge >= 0.3 is 0 Å². The number of hydrogen-bond donors (Lipinski definition) is 0. The van der Waals surface area contributed by atoms with Gasteiger partial charge in [0.15, 0.2) is 0 Å². The van der Waals surface area contributed by atoms with Crippen molar-refractivity contribution in [3.8, 4) is 18.1 Å². The highest BCUT2D eigenvalue weighted by atomic mass is 32.2. The average Bonchev–Trinajstić information content (AvgIpc) is 2.78. The molecule has 4 rings (SSSR count). The van der Waals surface area contributed by atoms with Crippen LogP contribution < -0.4 is 9.04 Å². The Kier molecular flexibility index (Phi) is 5.30. The van der Waals surface area contributed by atoms with Crippen molar-refractivity contribution >= 4 is 21.6 Å². The summed E-state index contributed by atoms with van der Waals surface area (Å²) in [7, 11) is -2.64. The summed E-state index contributed by atoms with van der Waals surface area (Å²) in [5.74, 6) is 1.19. The number of amides is 1. The predicted octanol–water partition coefficient (Wildman–Crippen LogP) is 4.24. The lowest BCUT2D eigenvalue weighted by Gasteiger charge is -2.37. The highest BCUT2D eigenvalue weighted by Crippen LogP contribution is 2.47. The molecule has 6 heteroatoms. The molecule has 0 saturated carbocycles. The predicted molar refractivity (Wildman–Crippen MR) is 120 cm³/mol. The monoisotopic (exact) mass is 431 g/mol. The molecule has 0 fully saturated rings. The van der Waals surface area contributed by atoms with Crippen LogP contribution in [0.3, 0.4) is 0 Å². The Morgan fingerprint density at radius 3 is 2.29 bits per heavy atom. The number of ether oxygens (including phenoxy) is 1. The molecule has 0 radical (unpaired) electrons. The molecule has 1 aliphatic rings. The Labute approximate surface area is 182 Å². The molecule has 1 amide bonds. The van der Waals surface area contributed by atoms with Crippen LogP contribution in [0.2, 0.25) is 0 Å². The van der Waals surface area contributed by atoms with E-state index in [1.54, 1.807) is 54.6 Å². The van der Waals surface area contributed by atoms with E-state index in [-0.39, 0.29) is 10.6 Å². The highest BCUT2D eigenvalue weighted by molar-refractivity contribution is 7.93. The smallest absolute Gasteiger partial charge is 0.270 e. The molecule has 156 valence electrons. The maximum atomic E-state index is 13.7. The largest absolute Gasteiger partial charge is 0.497 e. The fraction of sp³-hybridized carbons (Fsp3) is 0.160. The molecule has 0 aromatic heterocycles. The number of carbonyl (C=O) groups is 1. The quantitative estimate of drug-likeness (QED) is 0.580. The molecular formula is C25H21NO4S. The molecule has 1 aliphatic heterocycles. The van der Waals surface area contributed by atoms with Crippen LogP contribution in [0.25, 0.3) is 0 Å². The van der Waals surface area contributed by atoms with Gasteiger partial charge in [-0.3, -0.25) is 4.79 Å². The SMILES string of the molecule is C#C[C@@H]1c2cc(OC)ccc2N(S(=O)(=O)c2ccc(C)cc2)C(=O)[C@H]1c1ccccc1. The summed E-state index contributed by atoms with van der Waals surface area (Å²) in [5.41, 5.74) is 2.39. The van der Waals surface area contributed by atoms with Crippen LogP contribution in [0.1, 0.15) is 28.5 Å². The molecule has 0 spiro atoms. The summed E-state index contributed by atoms with van der Waals surface area (Å²) in [6, 6.07) is 20.3. The van der Waals surface area contributed by atoms with E-state index in [0.717, 1.165) is 9.87 Å². The zero-order valence-corrected chi connectivity index (χ0v) is 18.0. The first-order chi connectivity index (χ1) is 14.9. The van der Waals surface area contributed by atoms with E-state index in [0.29, 0.717) is 16.9 Å². The third-order valence-corrected chi connectivity index (χ3v) is 7.21. The number of hydrogen-bond acceptors (Lipinski definition) is 4. The van der Waals surface area contributed by atoms with Crippen LogP contribution in [-0.2, 0) is 14.8 Å². The van der Waals surface area contributed by atoms with E-state index in [2.05, 4.69) is 5.92 Å². The number of nitrogens with zero attached hydrogens (tertiary/aromatic N) is 1. The topological polar surface area (TPSA) is 63.7 Å². The summed E-state index contributed by atoms with van der Waals surface area (Å²) < 4.78 is 33.5. The number of methoxy groups -OCH3 is 1. The van der Waals surface area contributed by atoms with Gasteiger partial charge in [0.2, 0.25) is 5.91 Å². The van der Waals surface area contributed by atoms with E-state index >= 15 is 0 Å². The molecule has 2 atom stereocenters. The van der Waals surface area contributed by atoms with Gasteiger partial charge in [-0.15, -0.1) is 6.42 Å². The van der Waals surface area contributed by atoms with Gasteiger partial charge in [-0.25, -0.2) is 12.7 Å². The Morgan fingerprint density at radius 1 is 1.00 bits per heavy atom. The van der Waals surface area contributed by atoms with Gasteiger partial charge in [-0.1, -0.05) is 53.9 Å². The van der Waals surface area contributed by atoms with Crippen molar-refractivity contribution in [3.05, 3.63) is 89.5 Å². The molecule has 0 saturated heterocycles. The third-order valence-electron chi connectivity index (χ3n) is 5.49. The van der Waals surface area contributed by atoms with Crippen molar-refractivity contribution in [2.24, 2.45) is 0 Å². The minimum atomic E-state index is -4.16. The minimum absolute atomic E-state index is 0.0409. The van der Waals surface area contributed by atoms with E-state index in [1.807, 2.05) is 13.0 Å². The zero-order valence-electron chi connectivity index (χ0n) is 17.1. The van der Waals surface area contributed by atoms with Gasteiger partial charge in [-0.2, -0.15) is 0 Å². The fourth-order valence-electron chi connectivity index (χ4n) is 3.91. The molecule has 0 aliphatic carbocycles. The molecular weight excluding hydrogens is 410 g/mol. The standard InChI is InChI=1S/C25H21NO4S/c1-4-21-22-16-19(30-3)12-15-23(22)26(25(27)24(21)18-8-6-5-7-9-18)31(28,29)20-13-10-17(2)11-14-20/h1,5-16,21,24H,2-3H3/t21-,24+/m1/s1. The van der Waals surface area contributed by atoms with E-state index in [4.69, 9.17) is 11.2 Å². The van der Waals surface area contributed by atoms with Gasteiger partial charge in [0.05, 0.1) is 29.5 Å². The lowest BCUT2D eigenvalue weighted by molar-refractivity contribution is -0.119. The number of terminal acetylenes is 1. The van der Waals surface area contributed by atoms with E-state index < -0.39 is 27.8 Å². The van der Waals surface area contributed by atoms with Crippen LogP contribution in [0.15, 0.2) is 77.7 Å². The number of sulfonamides is 1. The summed E-state index contributed by atoms with van der Waals surface area (Å²) >= 11 is 0. The Balaban J connectivity index is 1.97. The van der Waals surface area contributed by atoms with Crippen molar-refractivity contribution in [2.45, 2.75) is 23.7 Å². The zero-order chi connectivity index (χ0) is 22.2. The third kappa shape index (κ3) is 3.47. The van der Waals surface area contributed by atoms with Crippen LogP contribution >= 0.6 is 0 Å². The Bertz CT molecular complexity index is 1280. The number of anilines is 1.